The van der Waals surface area contributed by atoms with Crippen molar-refractivity contribution in [2.45, 2.75) is 45.8 Å². The summed E-state index contributed by atoms with van der Waals surface area (Å²) in [4.78, 5) is 11.0. The van der Waals surface area contributed by atoms with Gasteiger partial charge in [0.05, 0.1) is 11.4 Å². The molecule has 0 spiro atoms. The number of nitrogens with zero attached hydrogens (tertiary/aromatic N) is 2. The van der Waals surface area contributed by atoms with Gasteiger partial charge in [-0.25, -0.2) is 0 Å². The van der Waals surface area contributed by atoms with Gasteiger partial charge >= 0.3 is 0 Å². The monoisotopic (exact) mass is 236 g/mol. The van der Waals surface area contributed by atoms with Crippen LogP contribution in [0.5, 0.6) is 0 Å². The molecule has 5 nitrogen and oxygen atoms in total. The molecule has 1 aliphatic rings. The molecular weight excluding hydrogens is 216 g/mol. The summed E-state index contributed by atoms with van der Waals surface area (Å²) in [5.74, 6) is 0.164. The summed E-state index contributed by atoms with van der Waals surface area (Å²) in [6, 6.07) is 2.49. The van der Waals surface area contributed by atoms with Crippen LogP contribution in [0.15, 0.2) is 6.07 Å². The van der Waals surface area contributed by atoms with Gasteiger partial charge in [0, 0.05) is 32.1 Å². The van der Waals surface area contributed by atoms with E-state index in [0.29, 0.717) is 12.5 Å². The number of piperidine rings is 1. The molecule has 0 saturated carbocycles. The van der Waals surface area contributed by atoms with Crippen LogP contribution in [0.1, 0.15) is 31.2 Å². The Bertz CT molecular complexity index is 389. The Kier molecular flexibility index (Phi) is 3.78. The van der Waals surface area contributed by atoms with E-state index in [0.717, 1.165) is 31.7 Å². The third kappa shape index (κ3) is 3.06. The van der Waals surface area contributed by atoms with Gasteiger partial charge in [0.25, 0.3) is 0 Å². The zero-order chi connectivity index (χ0) is 12.3. The smallest absolute Gasteiger partial charge is 0.220 e. The summed E-state index contributed by atoms with van der Waals surface area (Å²) in [6.45, 7) is 6.55. The maximum atomic E-state index is 11.0. The standard InChI is InChI=1S/C12H20N4O/c1-3-16-11(6-9(2)15-16)8-13-10-4-5-12(17)14-7-10/h6,10,13H,3-5,7-8H2,1-2H3,(H,14,17). The quantitative estimate of drug-likeness (QED) is 0.804. The molecule has 1 amide bonds. The Morgan fingerprint density at radius 2 is 2.47 bits per heavy atom. The lowest BCUT2D eigenvalue weighted by Gasteiger charge is -2.23. The van der Waals surface area contributed by atoms with Crippen molar-refractivity contribution in [2.24, 2.45) is 0 Å². The van der Waals surface area contributed by atoms with Crippen LogP contribution in [-0.4, -0.2) is 28.3 Å². The number of hydrogen-bond donors (Lipinski definition) is 2. The lowest BCUT2D eigenvalue weighted by Crippen LogP contribution is -2.45. The maximum absolute atomic E-state index is 11.0. The van der Waals surface area contributed by atoms with Crippen LogP contribution in [-0.2, 0) is 17.9 Å². The van der Waals surface area contributed by atoms with E-state index in [1.807, 2.05) is 11.6 Å². The average Bonchev–Trinajstić information content (AvgIpc) is 2.69. The minimum Gasteiger partial charge on any atom is -0.355 e. The van der Waals surface area contributed by atoms with E-state index < -0.39 is 0 Å². The van der Waals surface area contributed by atoms with E-state index in [9.17, 15) is 4.79 Å². The van der Waals surface area contributed by atoms with Crippen molar-refractivity contribution in [1.29, 1.82) is 0 Å². The molecule has 17 heavy (non-hydrogen) atoms. The predicted molar refractivity (Wildman–Crippen MR) is 65.5 cm³/mol. The lowest BCUT2D eigenvalue weighted by molar-refractivity contribution is -0.122. The molecular formula is C12H20N4O. The van der Waals surface area contributed by atoms with Gasteiger partial charge in [-0.3, -0.25) is 9.48 Å². The van der Waals surface area contributed by atoms with Crippen LogP contribution >= 0.6 is 0 Å². The van der Waals surface area contributed by atoms with Crippen LogP contribution in [0.2, 0.25) is 0 Å². The normalized spacial score (nSPS) is 20.4. The van der Waals surface area contributed by atoms with Crippen LogP contribution in [0.25, 0.3) is 0 Å². The highest BCUT2D eigenvalue weighted by atomic mass is 16.1. The van der Waals surface area contributed by atoms with Crippen LogP contribution in [0.4, 0.5) is 0 Å². The van der Waals surface area contributed by atoms with Crippen LogP contribution in [0.3, 0.4) is 0 Å². The van der Waals surface area contributed by atoms with Gasteiger partial charge in [0.2, 0.25) is 5.91 Å². The molecule has 0 aliphatic carbocycles. The van der Waals surface area contributed by atoms with Crippen molar-refractivity contribution in [3.63, 3.8) is 0 Å². The topological polar surface area (TPSA) is 59.0 Å². The first-order chi connectivity index (χ1) is 8.19. The molecule has 2 heterocycles. The minimum atomic E-state index is 0.164. The number of carbonyl (C=O) groups excluding carboxylic acids is 1. The van der Waals surface area contributed by atoms with Gasteiger partial charge in [-0.1, -0.05) is 0 Å². The summed E-state index contributed by atoms with van der Waals surface area (Å²) < 4.78 is 2.02. The minimum absolute atomic E-state index is 0.164. The second-order valence-corrected chi connectivity index (χ2v) is 4.51. The Labute approximate surface area is 102 Å². The SMILES string of the molecule is CCn1nc(C)cc1CNC1CCC(=O)NC1. The van der Waals surface area contributed by atoms with Gasteiger partial charge in [0.15, 0.2) is 0 Å². The van der Waals surface area contributed by atoms with Crippen molar-refractivity contribution in [3.8, 4) is 0 Å². The maximum Gasteiger partial charge on any atom is 0.220 e. The Balaban J connectivity index is 1.86. The van der Waals surface area contributed by atoms with Crippen LogP contribution < -0.4 is 10.6 Å². The predicted octanol–water partition coefficient (Wildman–Crippen LogP) is 0.580. The summed E-state index contributed by atoms with van der Waals surface area (Å²) in [5.41, 5.74) is 2.27. The molecule has 0 aromatic carbocycles. The summed E-state index contributed by atoms with van der Waals surface area (Å²) in [7, 11) is 0. The molecule has 0 radical (unpaired) electrons. The molecule has 1 aliphatic heterocycles. The molecule has 0 bridgehead atoms. The molecule has 1 fully saturated rings. The second kappa shape index (κ2) is 5.31. The molecule has 2 rings (SSSR count). The van der Waals surface area contributed by atoms with Crippen molar-refractivity contribution in [3.05, 3.63) is 17.5 Å². The lowest BCUT2D eigenvalue weighted by atomic mass is 10.1. The van der Waals surface area contributed by atoms with Crippen molar-refractivity contribution in [1.82, 2.24) is 20.4 Å². The highest BCUT2D eigenvalue weighted by Gasteiger charge is 2.17. The second-order valence-electron chi connectivity index (χ2n) is 4.51. The Hall–Kier alpha value is -1.36. The largest absolute Gasteiger partial charge is 0.355 e. The molecule has 1 aromatic heterocycles. The highest BCUT2D eigenvalue weighted by Crippen LogP contribution is 2.07. The van der Waals surface area contributed by atoms with Crippen molar-refractivity contribution >= 4 is 5.91 Å². The molecule has 5 heteroatoms. The zero-order valence-electron chi connectivity index (χ0n) is 10.5. The van der Waals surface area contributed by atoms with Gasteiger partial charge < -0.3 is 10.6 Å². The third-order valence-electron chi connectivity index (χ3n) is 3.12. The molecule has 2 N–H and O–H groups in total. The Morgan fingerprint density at radius 1 is 1.65 bits per heavy atom. The number of hydrogen-bond acceptors (Lipinski definition) is 3. The molecule has 1 atom stereocenters. The highest BCUT2D eigenvalue weighted by molar-refractivity contribution is 5.76. The number of aromatic nitrogens is 2. The number of amides is 1. The van der Waals surface area contributed by atoms with E-state index in [-0.39, 0.29) is 5.91 Å². The Morgan fingerprint density at radius 3 is 3.12 bits per heavy atom. The first-order valence-electron chi connectivity index (χ1n) is 6.22. The fraction of sp³-hybridized carbons (Fsp3) is 0.667. The van der Waals surface area contributed by atoms with E-state index in [1.54, 1.807) is 0 Å². The summed E-state index contributed by atoms with van der Waals surface area (Å²) >= 11 is 0. The fourth-order valence-electron chi connectivity index (χ4n) is 2.17. The van der Waals surface area contributed by atoms with E-state index in [1.165, 1.54) is 5.69 Å². The molecule has 1 saturated heterocycles. The average molecular weight is 236 g/mol. The number of carbonyl (C=O) groups is 1. The van der Waals surface area contributed by atoms with Gasteiger partial charge in [0.1, 0.15) is 0 Å². The molecule has 1 aromatic rings. The van der Waals surface area contributed by atoms with Gasteiger partial charge in [-0.05, 0) is 26.3 Å². The molecule has 1 unspecified atom stereocenters. The van der Waals surface area contributed by atoms with Crippen molar-refractivity contribution < 1.29 is 4.79 Å². The first-order valence-corrected chi connectivity index (χ1v) is 6.22. The summed E-state index contributed by atoms with van der Waals surface area (Å²) in [5, 5.41) is 10.8. The van der Waals surface area contributed by atoms with E-state index in [2.05, 4.69) is 28.7 Å². The van der Waals surface area contributed by atoms with E-state index >= 15 is 0 Å². The first kappa shape index (κ1) is 12.1. The number of nitrogens with one attached hydrogen (secondary N) is 2. The zero-order valence-corrected chi connectivity index (χ0v) is 10.5. The third-order valence-corrected chi connectivity index (χ3v) is 3.12. The fourth-order valence-corrected chi connectivity index (χ4v) is 2.17. The van der Waals surface area contributed by atoms with Gasteiger partial charge in [-0.2, -0.15) is 5.10 Å². The van der Waals surface area contributed by atoms with Crippen LogP contribution in [0, 0.1) is 6.92 Å². The van der Waals surface area contributed by atoms with Crippen molar-refractivity contribution in [2.75, 3.05) is 6.54 Å². The summed E-state index contributed by atoms with van der Waals surface area (Å²) in [6.07, 6.45) is 1.55. The number of rotatable bonds is 4. The number of aryl methyl sites for hydroxylation is 2. The van der Waals surface area contributed by atoms with Gasteiger partial charge in [-0.15, -0.1) is 0 Å². The van der Waals surface area contributed by atoms with E-state index in [4.69, 9.17) is 0 Å². The molecule has 94 valence electrons.